The number of nitro groups is 1. The largest absolute Gasteiger partial charge is 0.483 e. The molecule has 0 fully saturated rings. The normalized spacial score (nSPS) is 13.2. The number of hydrogen-bond acceptors (Lipinski definition) is 5. The summed E-state index contributed by atoms with van der Waals surface area (Å²) in [7, 11) is 0. The van der Waals surface area contributed by atoms with Crippen molar-refractivity contribution < 1.29 is 14.9 Å². The molecule has 0 saturated heterocycles. The van der Waals surface area contributed by atoms with Crippen LogP contribution in [0.3, 0.4) is 0 Å². The summed E-state index contributed by atoms with van der Waals surface area (Å²) in [5, 5.41) is 21.9. The molecule has 0 spiro atoms. The smallest absolute Gasteiger partial charge is 0.272 e. The summed E-state index contributed by atoms with van der Waals surface area (Å²) in [5.41, 5.74) is 5.85. The Labute approximate surface area is 97.6 Å². The zero-order valence-electron chi connectivity index (χ0n) is 9.45. The quantitative estimate of drug-likeness (QED) is 0.271. The Hall–Kier alpha value is -2.31. The van der Waals surface area contributed by atoms with Crippen LogP contribution in [0.4, 0.5) is 5.69 Å². The molecule has 0 saturated carbocycles. The lowest BCUT2D eigenvalue weighted by atomic mass is 10.2. The van der Waals surface area contributed by atoms with Gasteiger partial charge in [-0.15, -0.1) is 0 Å². The summed E-state index contributed by atoms with van der Waals surface area (Å²) >= 11 is 0. The van der Waals surface area contributed by atoms with E-state index in [1.807, 2.05) is 0 Å². The first-order chi connectivity index (χ1) is 7.95. The average molecular weight is 239 g/mol. The van der Waals surface area contributed by atoms with E-state index in [-0.39, 0.29) is 11.5 Å². The Bertz CT molecular complexity index is 459. The van der Waals surface area contributed by atoms with Gasteiger partial charge in [0.2, 0.25) is 0 Å². The summed E-state index contributed by atoms with van der Waals surface area (Å²) < 4.78 is 5.34. The highest BCUT2D eigenvalue weighted by Crippen LogP contribution is 2.23. The van der Waals surface area contributed by atoms with Crippen molar-refractivity contribution in [2.75, 3.05) is 0 Å². The number of aryl methyl sites for hydroxylation is 1. The minimum absolute atomic E-state index is 0.0220. The number of nitro benzene ring substituents is 1. The highest BCUT2D eigenvalue weighted by Gasteiger charge is 2.13. The van der Waals surface area contributed by atoms with Crippen LogP contribution in [0, 0.1) is 17.0 Å². The van der Waals surface area contributed by atoms with Gasteiger partial charge in [0.15, 0.2) is 11.9 Å². The van der Waals surface area contributed by atoms with Crippen LogP contribution in [0.2, 0.25) is 0 Å². The fourth-order valence-electron chi connectivity index (χ4n) is 1.25. The highest BCUT2D eigenvalue weighted by molar-refractivity contribution is 5.84. The zero-order valence-corrected chi connectivity index (χ0v) is 9.45. The Balaban J connectivity index is 2.88. The van der Waals surface area contributed by atoms with Gasteiger partial charge < -0.3 is 15.7 Å². The van der Waals surface area contributed by atoms with Gasteiger partial charge >= 0.3 is 0 Å². The minimum Gasteiger partial charge on any atom is -0.483 e. The van der Waals surface area contributed by atoms with Crippen molar-refractivity contribution in [3.63, 3.8) is 0 Å². The van der Waals surface area contributed by atoms with Crippen LogP contribution in [0.1, 0.15) is 12.5 Å². The Morgan fingerprint density at radius 1 is 1.65 bits per heavy atom. The summed E-state index contributed by atoms with van der Waals surface area (Å²) in [6.07, 6.45) is -0.610. The molecule has 0 aliphatic heterocycles. The molecule has 1 aromatic rings. The van der Waals surface area contributed by atoms with Crippen LogP contribution in [-0.2, 0) is 0 Å². The van der Waals surface area contributed by atoms with E-state index >= 15 is 0 Å². The lowest BCUT2D eigenvalue weighted by Gasteiger charge is -2.13. The fourth-order valence-corrected chi connectivity index (χ4v) is 1.25. The van der Waals surface area contributed by atoms with Crippen molar-refractivity contribution >= 4 is 11.5 Å². The van der Waals surface area contributed by atoms with Gasteiger partial charge in [-0.1, -0.05) is 5.16 Å². The Morgan fingerprint density at radius 2 is 2.29 bits per heavy atom. The van der Waals surface area contributed by atoms with Gasteiger partial charge in [0, 0.05) is 11.6 Å². The minimum atomic E-state index is -0.610. The van der Waals surface area contributed by atoms with Gasteiger partial charge in [0.1, 0.15) is 5.75 Å². The molecule has 0 aromatic heterocycles. The SMILES string of the molecule is Cc1cc(OC(C)C(N)=NO)ccc1[N+](=O)[O-]. The number of nitrogens with two attached hydrogens (primary N) is 1. The molecule has 0 heterocycles. The van der Waals surface area contributed by atoms with Crippen LogP contribution in [-0.4, -0.2) is 22.1 Å². The zero-order chi connectivity index (χ0) is 13.0. The molecule has 1 atom stereocenters. The highest BCUT2D eigenvalue weighted by atomic mass is 16.6. The number of nitrogens with zero attached hydrogens (tertiary/aromatic N) is 2. The van der Waals surface area contributed by atoms with Gasteiger partial charge in [-0.25, -0.2) is 0 Å². The number of oxime groups is 1. The van der Waals surface area contributed by atoms with Crippen LogP contribution < -0.4 is 10.5 Å². The average Bonchev–Trinajstić information content (AvgIpc) is 2.27. The number of hydrogen-bond donors (Lipinski definition) is 2. The summed E-state index contributed by atoms with van der Waals surface area (Å²) in [4.78, 5) is 10.1. The lowest BCUT2D eigenvalue weighted by molar-refractivity contribution is -0.385. The van der Waals surface area contributed by atoms with Crippen LogP contribution >= 0.6 is 0 Å². The number of ether oxygens (including phenoxy) is 1. The maximum atomic E-state index is 10.6. The monoisotopic (exact) mass is 239 g/mol. The summed E-state index contributed by atoms with van der Waals surface area (Å²) in [6, 6.07) is 4.34. The number of amidine groups is 1. The molecular formula is C10H13N3O4. The first-order valence-electron chi connectivity index (χ1n) is 4.84. The molecule has 0 aliphatic carbocycles. The van der Waals surface area contributed by atoms with E-state index in [2.05, 4.69) is 5.16 Å². The van der Waals surface area contributed by atoms with Crippen molar-refractivity contribution in [1.82, 2.24) is 0 Å². The molecule has 1 rings (SSSR count). The molecule has 3 N–H and O–H groups in total. The Kier molecular flexibility index (Phi) is 3.86. The molecule has 7 nitrogen and oxygen atoms in total. The van der Waals surface area contributed by atoms with Gasteiger partial charge in [-0.2, -0.15) is 0 Å². The van der Waals surface area contributed by atoms with E-state index in [0.29, 0.717) is 11.3 Å². The van der Waals surface area contributed by atoms with Gasteiger partial charge in [-0.05, 0) is 26.0 Å². The van der Waals surface area contributed by atoms with E-state index < -0.39 is 11.0 Å². The maximum absolute atomic E-state index is 10.6. The van der Waals surface area contributed by atoms with E-state index in [9.17, 15) is 10.1 Å². The lowest BCUT2D eigenvalue weighted by Crippen LogP contribution is -2.31. The fraction of sp³-hybridized carbons (Fsp3) is 0.300. The molecule has 1 aromatic carbocycles. The molecule has 0 amide bonds. The van der Waals surface area contributed by atoms with Crippen molar-refractivity contribution in [3.05, 3.63) is 33.9 Å². The second-order valence-electron chi connectivity index (χ2n) is 3.49. The standard InChI is InChI=1S/C10H13N3O4/c1-6-5-8(3-4-9(6)13(15)16)17-7(2)10(11)12-14/h3-5,7,14H,1-2H3,(H2,11,12). The van der Waals surface area contributed by atoms with Gasteiger partial charge in [-0.3, -0.25) is 10.1 Å². The number of benzene rings is 1. The molecule has 0 radical (unpaired) electrons. The van der Waals surface area contributed by atoms with Crippen molar-refractivity contribution in [2.24, 2.45) is 10.9 Å². The van der Waals surface area contributed by atoms with Crippen molar-refractivity contribution in [1.29, 1.82) is 0 Å². The molecular weight excluding hydrogens is 226 g/mol. The molecule has 92 valence electrons. The molecule has 7 heteroatoms. The van der Waals surface area contributed by atoms with Gasteiger partial charge in [0.25, 0.3) is 5.69 Å². The molecule has 0 bridgehead atoms. The van der Waals surface area contributed by atoms with E-state index in [0.717, 1.165) is 0 Å². The van der Waals surface area contributed by atoms with Crippen LogP contribution in [0.5, 0.6) is 5.75 Å². The van der Waals surface area contributed by atoms with E-state index in [1.165, 1.54) is 18.2 Å². The van der Waals surface area contributed by atoms with Crippen LogP contribution in [0.15, 0.2) is 23.4 Å². The molecule has 17 heavy (non-hydrogen) atoms. The molecule has 1 unspecified atom stereocenters. The third kappa shape index (κ3) is 3.07. The predicted molar refractivity (Wildman–Crippen MR) is 61.3 cm³/mol. The third-order valence-corrected chi connectivity index (χ3v) is 2.21. The Morgan fingerprint density at radius 3 is 2.76 bits per heavy atom. The van der Waals surface area contributed by atoms with Gasteiger partial charge in [0.05, 0.1) is 4.92 Å². The first kappa shape index (κ1) is 12.8. The molecule has 0 aliphatic rings. The first-order valence-corrected chi connectivity index (χ1v) is 4.84. The third-order valence-electron chi connectivity index (χ3n) is 2.21. The number of rotatable bonds is 4. The van der Waals surface area contributed by atoms with Crippen LogP contribution in [0.25, 0.3) is 0 Å². The summed E-state index contributed by atoms with van der Waals surface area (Å²) in [6.45, 7) is 3.21. The van der Waals surface area contributed by atoms with Crippen molar-refractivity contribution in [3.8, 4) is 5.75 Å². The maximum Gasteiger partial charge on any atom is 0.272 e. The summed E-state index contributed by atoms with van der Waals surface area (Å²) in [5.74, 6) is 0.355. The van der Waals surface area contributed by atoms with E-state index in [4.69, 9.17) is 15.7 Å². The van der Waals surface area contributed by atoms with Crippen molar-refractivity contribution in [2.45, 2.75) is 20.0 Å². The topological polar surface area (TPSA) is 111 Å². The van der Waals surface area contributed by atoms with E-state index in [1.54, 1.807) is 13.8 Å². The predicted octanol–water partition coefficient (Wildman–Crippen LogP) is 1.42. The second-order valence-corrected chi connectivity index (χ2v) is 3.49. The second kappa shape index (κ2) is 5.15.